The van der Waals surface area contributed by atoms with E-state index in [2.05, 4.69) is 0 Å². The monoisotopic (exact) mass is 297 g/mol. The lowest BCUT2D eigenvalue weighted by atomic mass is 10.1. The third kappa shape index (κ3) is 3.66. The zero-order chi connectivity index (χ0) is 14.1. The van der Waals surface area contributed by atoms with Crippen LogP contribution in [0.1, 0.15) is 12.8 Å². The van der Waals surface area contributed by atoms with Crippen LogP contribution in [-0.4, -0.2) is 41.6 Å². The lowest BCUT2D eigenvalue weighted by molar-refractivity contribution is -0.277. The fourth-order valence-electron chi connectivity index (χ4n) is 1.58. The molecule has 1 aliphatic carbocycles. The third-order valence-electron chi connectivity index (χ3n) is 2.50. The standard InChI is InChI=1S/C9H10ClF6NO/c10-3-4-17(5-1-2-5)7(18)6(8(11,12)13)9(14,15)16/h5-6H,1-4H2. The fraction of sp³-hybridized carbons (Fsp3) is 0.889. The zero-order valence-electron chi connectivity index (χ0n) is 8.98. The number of nitrogens with zero attached hydrogens (tertiary/aromatic N) is 1. The maximum absolute atomic E-state index is 12.4. The highest BCUT2D eigenvalue weighted by molar-refractivity contribution is 6.18. The van der Waals surface area contributed by atoms with Gasteiger partial charge in [-0.25, -0.2) is 0 Å². The quantitative estimate of drug-likeness (QED) is 0.577. The number of carbonyl (C=O) groups is 1. The molecule has 0 aromatic carbocycles. The summed E-state index contributed by atoms with van der Waals surface area (Å²) in [6.07, 6.45) is -10.5. The average molecular weight is 298 g/mol. The maximum Gasteiger partial charge on any atom is 0.409 e. The molecule has 0 atom stereocenters. The van der Waals surface area contributed by atoms with Crippen molar-refractivity contribution in [1.82, 2.24) is 4.90 Å². The van der Waals surface area contributed by atoms with E-state index >= 15 is 0 Å². The Morgan fingerprint density at radius 2 is 1.61 bits per heavy atom. The van der Waals surface area contributed by atoms with E-state index in [1.807, 2.05) is 0 Å². The van der Waals surface area contributed by atoms with E-state index < -0.39 is 30.2 Å². The first-order valence-electron chi connectivity index (χ1n) is 5.09. The van der Waals surface area contributed by atoms with Crippen molar-refractivity contribution in [2.75, 3.05) is 12.4 Å². The fourth-order valence-corrected chi connectivity index (χ4v) is 1.76. The van der Waals surface area contributed by atoms with Crippen LogP contribution in [0.4, 0.5) is 26.3 Å². The molecule has 0 saturated heterocycles. The van der Waals surface area contributed by atoms with Gasteiger partial charge in [0.1, 0.15) is 0 Å². The molecular formula is C9H10ClF6NO. The number of halogens is 7. The van der Waals surface area contributed by atoms with Gasteiger partial charge in [-0.2, -0.15) is 26.3 Å². The first kappa shape index (κ1) is 15.4. The summed E-state index contributed by atoms with van der Waals surface area (Å²) in [5.74, 6) is -6.13. The van der Waals surface area contributed by atoms with Gasteiger partial charge in [-0.1, -0.05) is 0 Å². The molecule has 0 unspecified atom stereocenters. The minimum absolute atomic E-state index is 0.204. The van der Waals surface area contributed by atoms with Gasteiger partial charge in [-0.15, -0.1) is 11.6 Å². The van der Waals surface area contributed by atoms with Gasteiger partial charge >= 0.3 is 12.4 Å². The first-order valence-corrected chi connectivity index (χ1v) is 5.62. The van der Waals surface area contributed by atoms with Crippen LogP contribution in [0.25, 0.3) is 0 Å². The van der Waals surface area contributed by atoms with Crippen molar-refractivity contribution in [2.24, 2.45) is 5.92 Å². The molecule has 9 heteroatoms. The molecule has 0 heterocycles. The molecule has 18 heavy (non-hydrogen) atoms. The Hall–Kier alpha value is -0.660. The highest BCUT2D eigenvalue weighted by Gasteiger charge is 2.62. The molecular weight excluding hydrogens is 288 g/mol. The van der Waals surface area contributed by atoms with Crippen LogP contribution in [0, 0.1) is 5.92 Å². The summed E-state index contributed by atoms with van der Waals surface area (Å²) in [6.45, 7) is -0.312. The van der Waals surface area contributed by atoms with Crippen molar-refractivity contribution in [3.8, 4) is 0 Å². The minimum Gasteiger partial charge on any atom is -0.338 e. The van der Waals surface area contributed by atoms with E-state index in [0.29, 0.717) is 17.7 Å². The molecule has 1 amide bonds. The van der Waals surface area contributed by atoms with Gasteiger partial charge in [0, 0.05) is 18.5 Å². The van der Waals surface area contributed by atoms with Crippen molar-refractivity contribution in [2.45, 2.75) is 31.2 Å². The summed E-state index contributed by atoms with van der Waals surface area (Å²) < 4.78 is 74.1. The van der Waals surface area contributed by atoms with E-state index in [1.165, 1.54) is 0 Å². The summed E-state index contributed by atoms with van der Waals surface area (Å²) in [4.78, 5) is 12.0. The normalized spacial score (nSPS) is 17.1. The van der Waals surface area contributed by atoms with Crippen molar-refractivity contribution in [1.29, 1.82) is 0 Å². The molecule has 0 spiro atoms. The largest absolute Gasteiger partial charge is 0.409 e. The molecule has 1 aliphatic rings. The van der Waals surface area contributed by atoms with E-state index in [0.717, 1.165) is 0 Å². The van der Waals surface area contributed by atoms with Crippen LogP contribution >= 0.6 is 11.6 Å². The Balaban J connectivity index is 2.94. The predicted molar refractivity (Wildman–Crippen MR) is 51.1 cm³/mol. The summed E-state index contributed by atoms with van der Waals surface area (Å²) in [7, 11) is 0. The van der Waals surface area contributed by atoms with E-state index in [-0.39, 0.29) is 12.4 Å². The highest BCUT2D eigenvalue weighted by atomic mass is 35.5. The van der Waals surface area contributed by atoms with Crippen LogP contribution in [0.15, 0.2) is 0 Å². The Labute approximate surface area is 104 Å². The van der Waals surface area contributed by atoms with Gasteiger partial charge < -0.3 is 4.90 Å². The van der Waals surface area contributed by atoms with Crippen molar-refractivity contribution < 1.29 is 31.1 Å². The smallest absolute Gasteiger partial charge is 0.338 e. The zero-order valence-corrected chi connectivity index (χ0v) is 9.74. The lowest BCUT2D eigenvalue weighted by Gasteiger charge is -2.29. The molecule has 0 aromatic rings. The van der Waals surface area contributed by atoms with Gasteiger partial charge in [0.15, 0.2) is 0 Å². The number of hydrogen-bond donors (Lipinski definition) is 0. The molecule has 0 aliphatic heterocycles. The maximum atomic E-state index is 12.4. The molecule has 0 aromatic heterocycles. The number of alkyl halides is 7. The molecule has 1 rings (SSSR count). The molecule has 1 saturated carbocycles. The summed E-state index contributed by atoms with van der Waals surface area (Å²) in [6, 6.07) is -0.552. The van der Waals surface area contributed by atoms with Gasteiger partial charge in [0.2, 0.25) is 11.8 Å². The van der Waals surface area contributed by atoms with E-state index in [4.69, 9.17) is 11.6 Å². The Kier molecular flexibility index (Phi) is 4.40. The second kappa shape index (κ2) is 5.14. The lowest BCUT2D eigenvalue weighted by Crippen LogP contribution is -2.50. The second-order valence-electron chi connectivity index (χ2n) is 3.97. The molecule has 0 N–H and O–H groups in total. The van der Waals surface area contributed by atoms with E-state index in [9.17, 15) is 31.1 Å². The van der Waals surface area contributed by atoms with Crippen LogP contribution in [-0.2, 0) is 4.79 Å². The summed E-state index contributed by atoms with van der Waals surface area (Å²) in [5, 5.41) is 0. The van der Waals surface area contributed by atoms with Crippen molar-refractivity contribution >= 4 is 17.5 Å². The summed E-state index contributed by atoms with van der Waals surface area (Å²) >= 11 is 5.29. The Bertz CT molecular complexity index is 297. The number of hydrogen-bond acceptors (Lipinski definition) is 1. The third-order valence-corrected chi connectivity index (χ3v) is 2.67. The van der Waals surface area contributed by atoms with Crippen molar-refractivity contribution in [3.05, 3.63) is 0 Å². The second-order valence-corrected chi connectivity index (χ2v) is 4.35. The predicted octanol–water partition coefficient (Wildman–Crippen LogP) is 2.96. The SMILES string of the molecule is O=C(C(C(F)(F)F)C(F)(F)F)N(CCCl)C1CC1. The van der Waals surface area contributed by atoms with Gasteiger partial charge in [-0.3, -0.25) is 4.79 Å². The van der Waals surface area contributed by atoms with Gasteiger partial charge in [-0.05, 0) is 12.8 Å². The van der Waals surface area contributed by atoms with E-state index in [1.54, 1.807) is 0 Å². The molecule has 0 bridgehead atoms. The highest BCUT2D eigenvalue weighted by Crippen LogP contribution is 2.42. The molecule has 2 nitrogen and oxygen atoms in total. The number of carbonyl (C=O) groups excluding carboxylic acids is 1. The number of rotatable bonds is 4. The van der Waals surface area contributed by atoms with Crippen LogP contribution in [0.5, 0.6) is 0 Å². The Morgan fingerprint density at radius 1 is 1.17 bits per heavy atom. The average Bonchev–Trinajstić information content (AvgIpc) is 2.91. The summed E-state index contributed by atoms with van der Waals surface area (Å²) in [5.41, 5.74) is 0. The van der Waals surface area contributed by atoms with Crippen LogP contribution in [0.2, 0.25) is 0 Å². The first-order chi connectivity index (χ1) is 8.09. The van der Waals surface area contributed by atoms with Crippen LogP contribution < -0.4 is 0 Å². The number of amides is 1. The molecule has 0 radical (unpaired) electrons. The Morgan fingerprint density at radius 3 is 1.89 bits per heavy atom. The topological polar surface area (TPSA) is 20.3 Å². The molecule has 1 fully saturated rings. The van der Waals surface area contributed by atoms with Crippen LogP contribution in [0.3, 0.4) is 0 Å². The van der Waals surface area contributed by atoms with Gasteiger partial charge in [0.25, 0.3) is 0 Å². The van der Waals surface area contributed by atoms with Crippen molar-refractivity contribution in [3.63, 3.8) is 0 Å². The minimum atomic E-state index is -5.64. The van der Waals surface area contributed by atoms with Gasteiger partial charge in [0.05, 0.1) is 0 Å². The molecule has 106 valence electrons.